The molecule has 0 saturated carbocycles. The molecule has 0 aliphatic heterocycles. The van der Waals surface area contributed by atoms with Crippen molar-refractivity contribution in [3.05, 3.63) is 60.4 Å². The highest BCUT2D eigenvalue weighted by molar-refractivity contribution is 5.89. The molecular formula is C17H17N3O2. The van der Waals surface area contributed by atoms with Crippen molar-refractivity contribution in [2.75, 3.05) is 5.43 Å². The van der Waals surface area contributed by atoms with Gasteiger partial charge in [-0.15, -0.1) is 0 Å². The summed E-state index contributed by atoms with van der Waals surface area (Å²) in [6.45, 7) is 3.72. The molecule has 22 heavy (non-hydrogen) atoms. The maximum Gasteiger partial charge on any atom is 0.279 e. The monoisotopic (exact) mass is 295 g/mol. The number of benzene rings is 2. The summed E-state index contributed by atoms with van der Waals surface area (Å²) in [4.78, 5) is 16.5. The number of nitrogens with one attached hydrogen (secondary N) is 1. The second-order valence-electron chi connectivity index (χ2n) is 5.15. The number of imidazole rings is 1. The lowest BCUT2D eigenvalue weighted by Crippen LogP contribution is -2.34. The summed E-state index contributed by atoms with van der Waals surface area (Å²) in [5.41, 5.74) is 5.61. The zero-order chi connectivity index (χ0) is 15.5. The molecule has 1 amide bonds. The Hall–Kier alpha value is -2.82. The van der Waals surface area contributed by atoms with Gasteiger partial charge in [0.15, 0.2) is 6.10 Å². The van der Waals surface area contributed by atoms with Crippen LogP contribution in [0.3, 0.4) is 0 Å². The van der Waals surface area contributed by atoms with Crippen molar-refractivity contribution in [1.82, 2.24) is 9.66 Å². The lowest BCUT2D eigenvalue weighted by Gasteiger charge is -2.15. The number of hydrogen-bond acceptors (Lipinski definition) is 3. The predicted molar refractivity (Wildman–Crippen MR) is 85.4 cm³/mol. The molecule has 0 bridgehead atoms. The molecule has 1 atom stereocenters. The van der Waals surface area contributed by atoms with E-state index in [0.717, 1.165) is 16.6 Å². The average Bonchev–Trinajstić information content (AvgIpc) is 2.93. The molecule has 1 unspecified atom stereocenters. The minimum atomic E-state index is -0.608. The van der Waals surface area contributed by atoms with Crippen molar-refractivity contribution in [3.8, 4) is 5.75 Å². The van der Waals surface area contributed by atoms with Crippen LogP contribution in [0.15, 0.2) is 54.9 Å². The van der Waals surface area contributed by atoms with E-state index in [1.807, 2.05) is 55.5 Å². The van der Waals surface area contributed by atoms with Crippen LogP contribution in [0.1, 0.15) is 12.5 Å². The molecule has 0 radical (unpaired) electrons. The first-order valence-corrected chi connectivity index (χ1v) is 7.10. The smallest absolute Gasteiger partial charge is 0.279 e. The largest absolute Gasteiger partial charge is 0.481 e. The van der Waals surface area contributed by atoms with Crippen LogP contribution < -0.4 is 10.2 Å². The second kappa shape index (κ2) is 5.89. The van der Waals surface area contributed by atoms with Gasteiger partial charge in [-0.1, -0.05) is 29.8 Å². The van der Waals surface area contributed by atoms with Gasteiger partial charge in [-0.25, -0.2) is 9.66 Å². The Labute approximate surface area is 128 Å². The fourth-order valence-corrected chi connectivity index (χ4v) is 2.13. The van der Waals surface area contributed by atoms with Gasteiger partial charge in [0.05, 0.1) is 11.0 Å². The summed E-state index contributed by atoms with van der Waals surface area (Å²) in [5.74, 6) is 0.437. The van der Waals surface area contributed by atoms with E-state index in [0.29, 0.717) is 5.75 Å². The van der Waals surface area contributed by atoms with Crippen LogP contribution in [0.2, 0.25) is 0 Å². The third kappa shape index (κ3) is 2.93. The summed E-state index contributed by atoms with van der Waals surface area (Å²) >= 11 is 0. The molecule has 0 aliphatic rings. The molecular weight excluding hydrogens is 278 g/mol. The first-order chi connectivity index (χ1) is 10.6. The van der Waals surface area contributed by atoms with E-state index in [-0.39, 0.29) is 5.91 Å². The Balaban J connectivity index is 1.69. The highest BCUT2D eigenvalue weighted by atomic mass is 16.5. The van der Waals surface area contributed by atoms with Gasteiger partial charge in [0.2, 0.25) is 0 Å². The van der Waals surface area contributed by atoms with Gasteiger partial charge >= 0.3 is 0 Å². The number of hydrogen-bond donors (Lipinski definition) is 1. The summed E-state index contributed by atoms with van der Waals surface area (Å²) in [6.07, 6.45) is 0.977. The van der Waals surface area contributed by atoms with Crippen molar-refractivity contribution in [2.24, 2.45) is 0 Å². The molecule has 5 heteroatoms. The van der Waals surface area contributed by atoms with E-state index in [2.05, 4.69) is 10.4 Å². The third-order valence-electron chi connectivity index (χ3n) is 3.39. The normalized spacial score (nSPS) is 12.1. The number of carbonyl (C=O) groups excluding carboxylic acids is 1. The molecule has 2 aromatic carbocycles. The van der Waals surface area contributed by atoms with Crippen LogP contribution >= 0.6 is 0 Å². The van der Waals surface area contributed by atoms with E-state index in [1.165, 1.54) is 0 Å². The Morgan fingerprint density at radius 1 is 1.18 bits per heavy atom. The molecule has 0 spiro atoms. The maximum absolute atomic E-state index is 12.2. The SMILES string of the molecule is Cc1ccc(OC(C)C(=O)Nn2cnc3ccccc32)cc1. The van der Waals surface area contributed by atoms with Crippen molar-refractivity contribution in [3.63, 3.8) is 0 Å². The fourth-order valence-electron chi connectivity index (χ4n) is 2.13. The number of ether oxygens (including phenoxy) is 1. The second-order valence-corrected chi connectivity index (χ2v) is 5.15. The highest BCUT2D eigenvalue weighted by Gasteiger charge is 2.15. The average molecular weight is 295 g/mol. The Bertz CT molecular complexity index is 793. The van der Waals surface area contributed by atoms with E-state index in [9.17, 15) is 4.79 Å². The number of para-hydroxylation sites is 2. The molecule has 1 heterocycles. The lowest BCUT2D eigenvalue weighted by molar-refractivity contribution is -0.122. The van der Waals surface area contributed by atoms with Gasteiger partial charge in [0.1, 0.15) is 12.1 Å². The summed E-state index contributed by atoms with van der Waals surface area (Å²) in [6, 6.07) is 15.2. The topological polar surface area (TPSA) is 56.1 Å². The minimum absolute atomic E-state index is 0.233. The van der Waals surface area contributed by atoms with E-state index in [4.69, 9.17) is 4.74 Å². The molecule has 1 N–H and O–H groups in total. The standard InChI is InChI=1S/C17H17N3O2/c1-12-7-9-14(10-8-12)22-13(2)17(21)19-20-11-18-15-5-3-4-6-16(15)20/h3-11,13H,1-2H3,(H,19,21). The molecule has 0 aliphatic carbocycles. The molecule has 3 aromatic rings. The van der Waals surface area contributed by atoms with Crippen molar-refractivity contribution in [1.29, 1.82) is 0 Å². The van der Waals surface area contributed by atoms with E-state index in [1.54, 1.807) is 17.9 Å². The predicted octanol–water partition coefficient (Wildman–Crippen LogP) is 2.88. The number of amides is 1. The third-order valence-corrected chi connectivity index (χ3v) is 3.39. The van der Waals surface area contributed by atoms with Crippen LogP contribution in [0.25, 0.3) is 11.0 Å². The molecule has 1 aromatic heterocycles. The van der Waals surface area contributed by atoms with Crippen LogP contribution in [0.4, 0.5) is 0 Å². The first kappa shape index (κ1) is 14.1. The Kier molecular flexibility index (Phi) is 3.78. The van der Waals surface area contributed by atoms with Gasteiger partial charge in [-0.3, -0.25) is 10.2 Å². The lowest BCUT2D eigenvalue weighted by atomic mass is 10.2. The van der Waals surface area contributed by atoms with Crippen LogP contribution in [-0.4, -0.2) is 21.7 Å². The number of aromatic nitrogens is 2. The summed E-state index contributed by atoms with van der Waals surface area (Å²) < 4.78 is 7.25. The molecule has 0 saturated heterocycles. The summed E-state index contributed by atoms with van der Waals surface area (Å²) in [5, 5.41) is 0. The van der Waals surface area contributed by atoms with Gasteiger partial charge in [-0.2, -0.15) is 0 Å². The van der Waals surface area contributed by atoms with Gasteiger partial charge in [0.25, 0.3) is 5.91 Å². The zero-order valence-electron chi connectivity index (χ0n) is 12.5. The number of fused-ring (bicyclic) bond motifs is 1. The van der Waals surface area contributed by atoms with E-state index >= 15 is 0 Å². The van der Waals surface area contributed by atoms with Crippen LogP contribution in [0.5, 0.6) is 5.75 Å². The quantitative estimate of drug-likeness (QED) is 0.805. The van der Waals surface area contributed by atoms with Crippen molar-refractivity contribution < 1.29 is 9.53 Å². The van der Waals surface area contributed by atoms with Gasteiger partial charge in [-0.05, 0) is 38.1 Å². The van der Waals surface area contributed by atoms with Gasteiger partial charge in [0, 0.05) is 0 Å². The van der Waals surface area contributed by atoms with E-state index < -0.39 is 6.10 Å². The Morgan fingerprint density at radius 2 is 1.91 bits per heavy atom. The maximum atomic E-state index is 12.2. The number of carbonyl (C=O) groups is 1. The van der Waals surface area contributed by atoms with Crippen LogP contribution in [-0.2, 0) is 4.79 Å². The number of rotatable bonds is 4. The summed E-state index contributed by atoms with van der Waals surface area (Å²) in [7, 11) is 0. The minimum Gasteiger partial charge on any atom is -0.481 e. The van der Waals surface area contributed by atoms with Gasteiger partial charge < -0.3 is 4.74 Å². The fraction of sp³-hybridized carbons (Fsp3) is 0.176. The molecule has 5 nitrogen and oxygen atoms in total. The molecule has 0 fully saturated rings. The zero-order valence-corrected chi connectivity index (χ0v) is 12.5. The first-order valence-electron chi connectivity index (χ1n) is 7.10. The number of nitrogens with zero attached hydrogens (tertiary/aromatic N) is 2. The highest BCUT2D eigenvalue weighted by Crippen LogP contribution is 2.14. The molecule has 3 rings (SSSR count). The van der Waals surface area contributed by atoms with Crippen molar-refractivity contribution in [2.45, 2.75) is 20.0 Å². The molecule has 112 valence electrons. The van der Waals surface area contributed by atoms with Crippen molar-refractivity contribution >= 4 is 16.9 Å². The number of aryl methyl sites for hydroxylation is 1. The Morgan fingerprint density at radius 3 is 2.68 bits per heavy atom. The van der Waals surface area contributed by atoms with Crippen LogP contribution in [0, 0.1) is 6.92 Å².